The first kappa shape index (κ1) is 13.7. The Balaban J connectivity index is 2.44. The number of hydrogen-bond acceptors (Lipinski definition) is 3. The number of hydrogen-bond donors (Lipinski definition) is 2. The summed E-state index contributed by atoms with van der Waals surface area (Å²) < 4.78 is 5.11. The molecule has 0 fully saturated rings. The van der Waals surface area contributed by atoms with E-state index < -0.39 is 5.97 Å². The van der Waals surface area contributed by atoms with Crippen LogP contribution in [0, 0.1) is 0 Å². The summed E-state index contributed by atoms with van der Waals surface area (Å²) in [6.45, 7) is 0. The zero-order valence-corrected chi connectivity index (χ0v) is 10.9. The standard InChI is InChI=1S/C16H14O4/c1-20-14-4-2-3-11(9-14)10-15(16(18)19)12-5-7-13(17)8-6-12/h2-10,17H,1H3,(H,18,19). The number of phenols is 1. The molecule has 2 aromatic carbocycles. The van der Waals surface area contributed by atoms with Crippen molar-refractivity contribution in [3.8, 4) is 11.5 Å². The summed E-state index contributed by atoms with van der Waals surface area (Å²) in [7, 11) is 1.56. The average Bonchev–Trinajstić information content (AvgIpc) is 2.46. The minimum Gasteiger partial charge on any atom is -0.508 e. The molecule has 0 aliphatic heterocycles. The van der Waals surface area contributed by atoms with Crippen LogP contribution in [0.3, 0.4) is 0 Å². The maximum atomic E-state index is 11.4. The zero-order valence-electron chi connectivity index (χ0n) is 10.9. The molecule has 0 bridgehead atoms. The summed E-state index contributed by atoms with van der Waals surface area (Å²) in [5.74, 6) is -0.271. The Morgan fingerprint density at radius 3 is 2.45 bits per heavy atom. The second-order valence-electron chi connectivity index (χ2n) is 4.19. The van der Waals surface area contributed by atoms with E-state index in [0.29, 0.717) is 11.3 Å². The number of carboxylic acid groups (broad SMARTS) is 1. The van der Waals surface area contributed by atoms with Gasteiger partial charge in [-0.25, -0.2) is 4.79 Å². The molecule has 0 radical (unpaired) electrons. The van der Waals surface area contributed by atoms with Gasteiger partial charge >= 0.3 is 5.97 Å². The predicted molar refractivity (Wildman–Crippen MR) is 76.6 cm³/mol. The Hall–Kier alpha value is -2.75. The number of phenolic OH excluding ortho intramolecular Hbond substituents is 1. The van der Waals surface area contributed by atoms with Gasteiger partial charge in [-0.05, 0) is 41.5 Å². The summed E-state index contributed by atoms with van der Waals surface area (Å²) in [6, 6.07) is 13.2. The van der Waals surface area contributed by atoms with E-state index in [2.05, 4.69) is 0 Å². The van der Waals surface area contributed by atoms with Gasteiger partial charge in [0.2, 0.25) is 0 Å². The van der Waals surface area contributed by atoms with Gasteiger partial charge in [-0.15, -0.1) is 0 Å². The maximum Gasteiger partial charge on any atom is 0.336 e. The van der Waals surface area contributed by atoms with E-state index in [1.807, 2.05) is 0 Å². The van der Waals surface area contributed by atoms with Gasteiger partial charge in [0.05, 0.1) is 12.7 Å². The van der Waals surface area contributed by atoms with Crippen LogP contribution in [0.5, 0.6) is 11.5 Å². The van der Waals surface area contributed by atoms with Gasteiger partial charge in [0.15, 0.2) is 0 Å². The number of carbonyl (C=O) groups is 1. The number of rotatable bonds is 4. The van der Waals surface area contributed by atoms with E-state index in [1.165, 1.54) is 12.1 Å². The molecule has 0 heterocycles. The van der Waals surface area contributed by atoms with Crippen LogP contribution < -0.4 is 4.74 Å². The van der Waals surface area contributed by atoms with Crippen LogP contribution in [0.2, 0.25) is 0 Å². The SMILES string of the molecule is COc1cccc(C=C(C(=O)O)c2ccc(O)cc2)c1. The molecular weight excluding hydrogens is 256 g/mol. The number of methoxy groups -OCH3 is 1. The Labute approximate surface area is 116 Å². The van der Waals surface area contributed by atoms with Gasteiger partial charge in [-0.1, -0.05) is 24.3 Å². The summed E-state index contributed by atoms with van der Waals surface area (Å²) in [5.41, 5.74) is 1.41. The van der Waals surface area contributed by atoms with Crippen LogP contribution in [0.1, 0.15) is 11.1 Å². The Kier molecular flexibility index (Phi) is 4.05. The van der Waals surface area contributed by atoms with Crippen molar-refractivity contribution in [3.63, 3.8) is 0 Å². The fourth-order valence-corrected chi connectivity index (χ4v) is 1.81. The van der Waals surface area contributed by atoms with E-state index >= 15 is 0 Å². The number of aromatic hydroxyl groups is 1. The van der Waals surface area contributed by atoms with Gasteiger partial charge in [0, 0.05) is 0 Å². The van der Waals surface area contributed by atoms with Crippen molar-refractivity contribution < 1.29 is 19.7 Å². The second kappa shape index (κ2) is 5.93. The summed E-state index contributed by atoms with van der Waals surface area (Å²) in [5, 5.41) is 18.6. The van der Waals surface area contributed by atoms with Crippen molar-refractivity contribution in [1.29, 1.82) is 0 Å². The van der Waals surface area contributed by atoms with Crippen LogP contribution in [0.15, 0.2) is 48.5 Å². The fourth-order valence-electron chi connectivity index (χ4n) is 1.81. The molecule has 4 nitrogen and oxygen atoms in total. The third-order valence-electron chi connectivity index (χ3n) is 2.81. The Bertz CT molecular complexity index is 642. The van der Waals surface area contributed by atoms with Crippen LogP contribution in [-0.4, -0.2) is 23.3 Å². The molecule has 0 aromatic heterocycles. The second-order valence-corrected chi connectivity index (χ2v) is 4.19. The lowest BCUT2D eigenvalue weighted by atomic mass is 10.0. The summed E-state index contributed by atoms with van der Waals surface area (Å²) in [6.07, 6.45) is 1.57. The first-order chi connectivity index (χ1) is 9.60. The molecule has 0 saturated carbocycles. The Morgan fingerprint density at radius 1 is 1.15 bits per heavy atom. The highest BCUT2D eigenvalue weighted by molar-refractivity contribution is 6.20. The smallest absolute Gasteiger partial charge is 0.336 e. The van der Waals surface area contributed by atoms with Crippen LogP contribution in [0.25, 0.3) is 11.6 Å². The van der Waals surface area contributed by atoms with E-state index in [9.17, 15) is 15.0 Å². The minimum absolute atomic E-state index is 0.0971. The molecule has 0 aliphatic rings. The van der Waals surface area contributed by atoms with E-state index in [0.717, 1.165) is 5.56 Å². The van der Waals surface area contributed by atoms with Crippen molar-refractivity contribution in [2.24, 2.45) is 0 Å². The van der Waals surface area contributed by atoms with Crippen molar-refractivity contribution in [1.82, 2.24) is 0 Å². The maximum absolute atomic E-state index is 11.4. The predicted octanol–water partition coefficient (Wildman–Crippen LogP) is 3.03. The summed E-state index contributed by atoms with van der Waals surface area (Å²) in [4.78, 5) is 11.4. The molecule has 0 spiro atoms. The third kappa shape index (κ3) is 3.17. The summed E-state index contributed by atoms with van der Waals surface area (Å²) >= 11 is 0. The van der Waals surface area contributed by atoms with E-state index in [-0.39, 0.29) is 11.3 Å². The van der Waals surface area contributed by atoms with Crippen LogP contribution in [-0.2, 0) is 4.79 Å². The molecule has 2 aromatic rings. The highest BCUT2D eigenvalue weighted by atomic mass is 16.5. The number of aliphatic carboxylic acids is 1. The molecule has 4 heteroatoms. The first-order valence-electron chi connectivity index (χ1n) is 5.98. The molecule has 0 saturated heterocycles. The van der Waals surface area contributed by atoms with E-state index in [4.69, 9.17) is 4.74 Å². The molecule has 2 N–H and O–H groups in total. The fraction of sp³-hybridized carbons (Fsp3) is 0.0625. The molecule has 2 rings (SSSR count). The molecule has 20 heavy (non-hydrogen) atoms. The van der Waals surface area contributed by atoms with Gasteiger partial charge in [0.25, 0.3) is 0 Å². The monoisotopic (exact) mass is 270 g/mol. The lowest BCUT2D eigenvalue weighted by Gasteiger charge is -2.05. The molecule has 0 amide bonds. The van der Waals surface area contributed by atoms with Crippen LogP contribution in [0.4, 0.5) is 0 Å². The van der Waals surface area contributed by atoms with E-state index in [1.54, 1.807) is 49.6 Å². The number of benzene rings is 2. The van der Waals surface area contributed by atoms with Gasteiger partial charge in [-0.3, -0.25) is 0 Å². The lowest BCUT2D eigenvalue weighted by Crippen LogP contribution is -1.99. The molecular formula is C16H14O4. The normalized spacial score (nSPS) is 11.2. The molecule has 102 valence electrons. The van der Waals surface area contributed by atoms with Crippen molar-refractivity contribution in [2.45, 2.75) is 0 Å². The molecule has 0 aliphatic carbocycles. The Morgan fingerprint density at radius 2 is 1.85 bits per heavy atom. The van der Waals surface area contributed by atoms with Gasteiger partial charge < -0.3 is 14.9 Å². The largest absolute Gasteiger partial charge is 0.508 e. The molecule has 0 atom stereocenters. The topological polar surface area (TPSA) is 66.8 Å². The minimum atomic E-state index is -1.03. The third-order valence-corrected chi connectivity index (χ3v) is 2.81. The van der Waals surface area contributed by atoms with Gasteiger partial charge in [-0.2, -0.15) is 0 Å². The van der Waals surface area contributed by atoms with Crippen molar-refractivity contribution >= 4 is 17.6 Å². The van der Waals surface area contributed by atoms with Crippen LogP contribution >= 0.6 is 0 Å². The highest BCUT2D eigenvalue weighted by Crippen LogP contribution is 2.22. The van der Waals surface area contributed by atoms with Gasteiger partial charge in [0.1, 0.15) is 11.5 Å². The lowest BCUT2D eigenvalue weighted by molar-refractivity contribution is -0.130. The highest BCUT2D eigenvalue weighted by Gasteiger charge is 2.10. The average molecular weight is 270 g/mol. The molecule has 0 unspecified atom stereocenters. The zero-order chi connectivity index (χ0) is 14.5. The number of ether oxygens (including phenoxy) is 1. The van der Waals surface area contributed by atoms with Crippen molar-refractivity contribution in [2.75, 3.05) is 7.11 Å². The quantitative estimate of drug-likeness (QED) is 0.662. The number of carboxylic acids is 1. The van der Waals surface area contributed by atoms with Crippen molar-refractivity contribution in [3.05, 3.63) is 59.7 Å². The first-order valence-corrected chi connectivity index (χ1v) is 5.98.